The third-order valence-electron chi connectivity index (χ3n) is 3.54. The summed E-state index contributed by atoms with van der Waals surface area (Å²) in [7, 11) is 1.71. The van der Waals surface area contributed by atoms with Crippen LogP contribution in [0.25, 0.3) is 0 Å². The molecule has 0 saturated heterocycles. The fourth-order valence-corrected chi connectivity index (χ4v) is 2.34. The van der Waals surface area contributed by atoms with Gasteiger partial charge in [-0.25, -0.2) is 0 Å². The Bertz CT molecular complexity index is 563. The zero-order valence-electron chi connectivity index (χ0n) is 12.7. The lowest BCUT2D eigenvalue weighted by Crippen LogP contribution is -2.08. The quantitative estimate of drug-likeness (QED) is 0.825. The van der Waals surface area contributed by atoms with Gasteiger partial charge in [-0.2, -0.15) is 0 Å². The zero-order chi connectivity index (χ0) is 14.5. The van der Waals surface area contributed by atoms with E-state index in [1.807, 2.05) is 18.2 Å². The third-order valence-corrected chi connectivity index (χ3v) is 3.54. The normalized spacial score (nSPS) is 12.2. The second-order valence-electron chi connectivity index (χ2n) is 5.39. The Morgan fingerprint density at radius 2 is 1.70 bits per heavy atom. The van der Waals surface area contributed by atoms with E-state index < -0.39 is 0 Å². The van der Waals surface area contributed by atoms with Gasteiger partial charge >= 0.3 is 0 Å². The molecule has 0 fully saturated rings. The van der Waals surface area contributed by atoms with Crippen LogP contribution in [0.2, 0.25) is 0 Å². The molecular formula is C18H23NO. The molecule has 2 aromatic rings. The maximum Gasteiger partial charge on any atom is 0.124 e. The van der Waals surface area contributed by atoms with Crippen LogP contribution in [0.3, 0.4) is 0 Å². The number of anilines is 1. The summed E-state index contributed by atoms with van der Waals surface area (Å²) in [5.41, 5.74) is 3.67. The van der Waals surface area contributed by atoms with E-state index in [0.29, 0.717) is 5.92 Å². The smallest absolute Gasteiger partial charge is 0.124 e. The van der Waals surface area contributed by atoms with E-state index in [1.165, 1.54) is 11.1 Å². The highest BCUT2D eigenvalue weighted by Gasteiger charge is 2.11. The van der Waals surface area contributed by atoms with E-state index in [2.05, 4.69) is 56.4 Å². The minimum Gasteiger partial charge on any atom is -0.496 e. The summed E-state index contributed by atoms with van der Waals surface area (Å²) >= 11 is 0. The Labute approximate surface area is 121 Å². The summed E-state index contributed by atoms with van der Waals surface area (Å²) < 4.78 is 5.43. The molecule has 0 saturated carbocycles. The molecule has 0 bridgehead atoms. The van der Waals surface area contributed by atoms with Crippen molar-refractivity contribution in [3.8, 4) is 5.75 Å². The summed E-state index contributed by atoms with van der Waals surface area (Å²) in [4.78, 5) is 0. The fraction of sp³-hybridized carbons (Fsp3) is 0.333. The molecule has 0 amide bonds. The maximum absolute atomic E-state index is 5.43. The van der Waals surface area contributed by atoms with Crippen LogP contribution in [0.15, 0.2) is 48.5 Å². The molecule has 0 aliphatic heterocycles. The standard InChI is InChI=1S/C18H23NO/c1-13(2)15-8-7-9-16(12-15)19-14(3)17-10-5-6-11-18(17)20-4/h5-14,19H,1-4H3. The summed E-state index contributed by atoms with van der Waals surface area (Å²) in [5, 5.41) is 3.55. The molecule has 1 N–H and O–H groups in total. The zero-order valence-corrected chi connectivity index (χ0v) is 12.7. The topological polar surface area (TPSA) is 21.3 Å². The molecule has 1 unspecified atom stereocenters. The largest absolute Gasteiger partial charge is 0.496 e. The highest BCUT2D eigenvalue weighted by Crippen LogP contribution is 2.28. The van der Waals surface area contributed by atoms with Crippen LogP contribution >= 0.6 is 0 Å². The average molecular weight is 269 g/mol. The van der Waals surface area contributed by atoms with Gasteiger partial charge in [0.15, 0.2) is 0 Å². The van der Waals surface area contributed by atoms with E-state index in [1.54, 1.807) is 7.11 Å². The van der Waals surface area contributed by atoms with Crippen molar-refractivity contribution in [3.05, 3.63) is 59.7 Å². The summed E-state index contributed by atoms with van der Waals surface area (Å²) in [6.07, 6.45) is 0. The first-order valence-electron chi connectivity index (χ1n) is 7.11. The number of para-hydroxylation sites is 1. The number of benzene rings is 2. The Morgan fingerprint density at radius 3 is 2.40 bits per heavy atom. The molecule has 106 valence electrons. The maximum atomic E-state index is 5.43. The monoisotopic (exact) mass is 269 g/mol. The number of hydrogen-bond acceptors (Lipinski definition) is 2. The van der Waals surface area contributed by atoms with Crippen LogP contribution in [0.4, 0.5) is 5.69 Å². The molecule has 1 atom stereocenters. The lowest BCUT2D eigenvalue weighted by atomic mass is 10.0. The predicted octanol–water partition coefficient (Wildman–Crippen LogP) is 4.99. The van der Waals surface area contributed by atoms with Gasteiger partial charge in [-0.15, -0.1) is 0 Å². The second-order valence-corrected chi connectivity index (χ2v) is 5.39. The predicted molar refractivity (Wildman–Crippen MR) is 85.6 cm³/mol. The molecule has 0 radical (unpaired) electrons. The second kappa shape index (κ2) is 6.47. The van der Waals surface area contributed by atoms with Gasteiger partial charge in [0.25, 0.3) is 0 Å². The number of nitrogens with one attached hydrogen (secondary N) is 1. The third kappa shape index (κ3) is 3.32. The van der Waals surface area contributed by atoms with Gasteiger partial charge in [0, 0.05) is 11.3 Å². The van der Waals surface area contributed by atoms with Crippen LogP contribution in [-0.4, -0.2) is 7.11 Å². The van der Waals surface area contributed by atoms with Crippen molar-refractivity contribution in [1.82, 2.24) is 0 Å². The lowest BCUT2D eigenvalue weighted by molar-refractivity contribution is 0.408. The molecule has 0 spiro atoms. The van der Waals surface area contributed by atoms with Gasteiger partial charge in [0.2, 0.25) is 0 Å². The van der Waals surface area contributed by atoms with E-state index >= 15 is 0 Å². The van der Waals surface area contributed by atoms with Crippen LogP contribution in [0.5, 0.6) is 5.75 Å². The van der Waals surface area contributed by atoms with Gasteiger partial charge in [-0.05, 0) is 36.6 Å². The van der Waals surface area contributed by atoms with E-state index in [9.17, 15) is 0 Å². The average Bonchev–Trinajstić information content (AvgIpc) is 2.47. The Morgan fingerprint density at radius 1 is 0.950 bits per heavy atom. The summed E-state index contributed by atoms with van der Waals surface area (Å²) in [5.74, 6) is 1.46. The Kier molecular flexibility index (Phi) is 4.67. The first kappa shape index (κ1) is 14.4. The number of methoxy groups -OCH3 is 1. The van der Waals surface area contributed by atoms with Crippen molar-refractivity contribution in [2.24, 2.45) is 0 Å². The van der Waals surface area contributed by atoms with Gasteiger partial charge in [0.1, 0.15) is 5.75 Å². The van der Waals surface area contributed by atoms with Gasteiger partial charge in [0.05, 0.1) is 13.2 Å². The van der Waals surface area contributed by atoms with Gasteiger partial charge < -0.3 is 10.1 Å². The number of rotatable bonds is 5. The summed E-state index contributed by atoms with van der Waals surface area (Å²) in [6, 6.07) is 16.9. The van der Waals surface area contributed by atoms with Crippen molar-refractivity contribution in [2.45, 2.75) is 32.7 Å². The van der Waals surface area contributed by atoms with E-state index in [0.717, 1.165) is 11.4 Å². The van der Waals surface area contributed by atoms with Crippen LogP contribution < -0.4 is 10.1 Å². The number of ether oxygens (including phenoxy) is 1. The van der Waals surface area contributed by atoms with Crippen molar-refractivity contribution in [3.63, 3.8) is 0 Å². The van der Waals surface area contributed by atoms with Crippen molar-refractivity contribution in [1.29, 1.82) is 0 Å². The fourth-order valence-electron chi connectivity index (χ4n) is 2.34. The molecule has 2 nitrogen and oxygen atoms in total. The summed E-state index contributed by atoms with van der Waals surface area (Å²) in [6.45, 7) is 6.57. The molecule has 2 heteroatoms. The first-order chi connectivity index (χ1) is 9.61. The SMILES string of the molecule is COc1ccccc1C(C)Nc1cccc(C(C)C)c1. The molecule has 0 aliphatic carbocycles. The van der Waals surface area contributed by atoms with Crippen LogP contribution in [0, 0.1) is 0 Å². The highest BCUT2D eigenvalue weighted by atomic mass is 16.5. The first-order valence-corrected chi connectivity index (χ1v) is 7.11. The minimum atomic E-state index is 0.202. The molecule has 2 aromatic carbocycles. The van der Waals surface area contributed by atoms with E-state index in [-0.39, 0.29) is 6.04 Å². The lowest BCUT2D eigenvalue weighted by Gasteiger charge is -2.19. The minimum absolute atomic E-state index is 0.202. The molecule has 0 heterocycles. The van der Waals surface area contributed by atoms with Crippen LogP contribution in [-0.2, 0) is 0 Å². The van der Waals surface area contributed by atoms with E-state index in [4.69, 9.17) is 4.74 Å². The van der Waals surface area contributed by atoms with Gasteiger partial charge in [-0.3, -0.25) is 0 Å². The molecular weight excluding hydrogens is 246 g/mol. The molecule has 20 heavy (non-hydrogen) atoms. The number of hydrogen-bond donors (Lipinski definition) is 1. The van der Waals surface area contributed by atoms with Crippen molar-refractivity contribution < 1.29 is 4.74 Å². The highest BCUT2D eigenvalue weighted by molar-refractivity contribution is 5.49. The van der Waals surface area contributed by atoms with Crippen molar-refractivity contribution in [2.75, 3.05) is 12.4 Å². The molecule has 0 aromatic heterocycles. The Balaban J connectivity index is 2.19. The Hall–Kier alpha value is -1.96. The molecule has 2 rings (SSSR count). The molecule has 0 aliphatic rings. The van der Waals surface area contributed by atoms with Crippen LogP contribution in [0.1, 0.15) is 43.9 Å². The van der Waals surface area contributed by atoms with Crippen molar-refractivity contribution >= 4 is 5.69 Å². The van der Waals surface area contributed by atoms with Gasteiger partial charge in [-0.1, -0.05) is 44.2 Å².